The normalized spacial score (nSPS) is 13.4. The zero-order chi connectivity index (χ0) is 19.6. The summed E-state index contributed by atoms with van der Waals surface area (Å²) in [6.07, 6.45) is 5.87. The third-order valence-corrected chi connectivity index (χ3v) is 5.20. The van der Waals surface area contributed by atoms with E-state index in [1.807, 2.05) is 6.07 Å². The fraction of sp³-hybridized carbons (Fsp3) is 0.300. The van der Waals surface area contributed by atoms with Crippen LogP contribution in [0.25, 0.3) is 12.2 Å². The Labute approximate surface area is 167 Å². The summed E-state index contributed by atoms with van der Waals surface area (Å²) < 4.78 is 0. The number of nitrogens with one attached hydrogen (secondary N) is 1. The molecule has 0 spiro atoms. The first-order valence-corrected chi connectivity index (χ1v) is 9.89. The Morgan fingerprint density at radius 1 is 1.07 bits per heavy atom. The zero-order valence-corrected chi connectivity index (χ0v) is 16.4. The molecule has 0 bridgehead atoms. The van der Waals surface area contributed by atoms with Crippen LogP contribution in [0.5, 0.6) is 0 Å². The molecular formula is C20H22ClNO4S. The molecule has 2 aromatic rings. The van der Waals surface area contributed by atoms with Gasteiger partial charge in [0.05, 0.1) is 12.8 Å². The van der Waals surface area contributed by atoms with E-state index in [2.05, 4.69) is 41.0 Å². The Hall–Kier alpha value is -2.15. The molecule has 0 fully saturated rings. The van der Waals surface area contributed by atoms with E-state index < -0.39 is 11.9 Å². The molecule has 1 aromatic carbocycles. The second kappa shape index (κ2) is 10.9. The predicted octanol–water partition coefficient (Wildman–Crippen LogP) is 4.20. The Morgan fingerprint density at radius 3 is 2.41 bits per heavy atom. The van der Waals surface area contributed by atoms with Crippen LogP contribution in [0.2, 0.25) is 5.02 Å². The molecule has 0 amide bonds. The van der Waals surface area contributed by atoms with Gasteiger partial charge in [-0.25, -0.2) is 0 Å². The quantitative estimate of drug-likeness (QED) is 0.691. The number of fused-ring (bicyclic) bond motifs is 1. The lowest BCUT2D eigenvalue weighted by atomic mass is 9.96. The van der Waals surface area contributed by atoms with Crippen LogP contribution in [-0.2, 0) is 22.4 Å². The monoisotopic (exact) mass is 407 g/mol. The van der Waals surface area contributed by atoms with Gasteiger partial charge in [0, 0.05) is 9.90 Å². The van der Waals surface area contributed by atoms with Gasteiger partial charge in [-0.3, -0.25) is 9.59 Å². The molecule has 0 atom stereocenters. The van der Waals surface area contributed by atoms with E-state index >= 15 is 0 Å². The van der Waals surface area contributed by atoms with E-state index in [0.29, 0.717) is 0 Å². The molecule has 2 heterocycles. The number of benzene rings is 1. The lowest BCUT2D eigenvalue weighted by Crippen LogP contribution is -2.16. The van der Waals surface area contributed by atoms with Crippen LogP contribution in [0.15, 0.2) is 29.6 Å². The number of thiophene rings is 1. The van der Waals surface area contributed by atoms with Crippen molar-refractivity contribution in [3.05, 3.63) is 56.2 Å². The number of halogens is 1. The van der Waals surface area contributed by atoms with E-state index in [1.54, 1.807) is 11.3 Å². The first-order valence-electron chi connectivity index (χ1n) is 8.63. The molecule has 3 N–H and O–H groups in total. The maximum Gasteiger partial charge on any atom is 0.303 e. The van der Waals surface area contributed by atoms with Gasteiger partial charge >= 0.3 is 11.9 Å². The number of hydrogen-bond donors (Lipinski definition) is 3. The first-order chi connectivity index (χ1) is 13.0. The number of carboxylic acid groups (broad SMARTS) is 2. The highest BCUT2D eigenvalue weighted by Gasteiger charge is 2.12. The zero-order valence-electron chi connectivity index (χ0n) is 14.8. The van der Waals surface area contributed by atoms with Gasteiger partial charge in [-0.2, -0.15) is 0 Å². The van der Waals surface area contributed by atoms with Crippen LogP contribution in [0, 0.1) is 0 Å². The molecule has 1 aliphatic heterocycles. The van der Waals surface area contributed by atoms with E-state index in [4.69, 9.17) is 21.8 Å². The minimum absolute atomic E-state index is 0.296. The molecule has 3 rings (SSSR count). The van der Waals surface area contributed by atoms with E-state index in [-0.39, 0.29) is 12.8 Å². The summed E-state index contributed by atoms with van der Waals surface area (Å²) >= 11 is 8.13. The highest BCUT2D eigenvalue weighted by molar-refractivity contribution is 7.10. The Morgan fingerprint density at radius 2 is 1.78 bits per heavy atom. The van der Waals surface area contributed by atoms with Crippen molar-refractivity contribution in [3.8, 4) is 0 Å². The number of aliphatic carboxylic acids is 2. The van der Waals surface area contributed by atoms with Crippen molar-refractivity contribution in [3.63, 3.8) is 0 Å². The van der Waals surface area contributed by atoms with Gasteiger partial charge < -0.3 is 15.5 Å². The first kappa shape index (κ1) is 21.2. The molecule has 0 saturated carbocycles. The van der Waals surface area contributed by atoms with Gasteiger partial charge in [0.1, 0.15) is 0 Å². The molecule has 7 heteroatoms. The second-order valence-corrected chi connectivity index (χ2v) is 7.37. The van der Waals surface area contributed by atoms with Gasteiger partial charge in [0.25, 0.3) is 0 Å². The lowest BCUT2D eigenvalue weighted by molar-refractivity contribution is -0.143. The minimum Gasteiger partial charge on any atom is -0.481 e. The van der Waals surface area contributed by atoms with Gasteiger partial charge in [-0.15, -0.1) is 11.3 Å². The molecule has 0 radical (unpaired) electrons. The maximum absolute atomic E-state index is 9.64. The summed E-state index contributed by atoms with van der Waals surface area (Å²) in [6.45, 7) is 2.09. The molecule has 27 heavy (non-hydrogen) atoms. The maximum atomic E-state index is 9.64. The van der Waals surface area contributed by atoms with Gasteiger partial charge in [-0.05, 0) is 66.2 Å². The smallest absolute Gasteiger partial charge is 0.303 e. The Balaban J connectivity index is 0.000000279. The van der Waals surface area contributed by atoms with Crippen molar-refractivity contribution in [2.45, 2.75) is 25.7 Å². The molecular weight excluding hydrogens is 386 g/mol. The van der Waals surface area contributed by atoms with E-state index in [0.717, 1.165) is 31.0 Å². The number of hydrogen-bond acceptors (Lipinski definition) is 4. The molecule has 0 unspecified atom stereocenters. The third-order valence-electron chi connectivity index (χ3n) is 4.03. The molecule has 1 aliphatic rings. The topological polar surface area (TPSA) is 86.6 Å². The van der Waals surface area contributed by atoms with Gasteiger partial charge in [0.15, 0.2) is 0 Å². The predicted molar refractivity (Wildman–Crippen MR) is 109 cm³/mol. The number of rotatable bonds is 5. The standard InChI is InChI=1S/C16H16ClNS.C4H6O4/c17-16-6-3-12-7-9-18-10-8-14(12)15(16)5-4-13-2-1-11-19-13;5-3(6)1-2-4(7)8/h1-6,11,18H,7-10H2;1-2H2,(H,5,6)(H,7,8)/b5-4-;. The van der Waals surface area contributed by atoms with Crippen molar-refractivity contribution in [1.82, 2.24) is 5.32 Å². The fourth-order valence-electron chi connectivity index (χ4n) is 2.72. The number of carboxylic acids is 2. The summed E-state index contributed by atoms with van der Waals surface area (Å²) in [7, 11) is 0. The summed E-state index contributed by atoms with van der Waals surface area (Å²) in [6, 6.07) is 8.40. The van der Waals surface area contributed by atoms with E-state index in [9.17, 15) is 9.59 Å². The highest BCUT2D eigenvalue weighted by Crippen LogP contribution is 2.28. The van der Waals surface area contributed by atoms with Crippen molar-refractivity contribution >= 4 is 47.0 Å². The fourth-order valence-corrected chi connectivity index (χ4v) is 3.58. The highest BCUT2D eigenvalue weighted by atomic mass is 35.5. The molecule has 5 nitrogen and oxygen atoms in total. The van der Waals surface area contributed by atoms with Crippen LogP contribution < -0.4 is 5.32 Å². The van der Waals surface area contributed by atoms with Crippen LogP contribution in [-0.4, -0.2) is 35.2 Å². The Bertz CT molecular complexity index is 789. The Kier molecular flexibility index (Phi) is 8.51. The summed E-state index contributed by atoms with van der Waals surface area (Å²) in [4.78, 5) is 20.5. The van der Waals surface area contributed by atoms with Crippen LogP contribution in [0.1, 0.15) is 34.4 Å². The van der Waals surface area contributed by atoms with E-state index in [1.165, 1.54) is 21.6 Å². The van der Waals surface area contributed by atoms with Crippen molar-refractivity contribution in [2.24, 2.45) is 0 Å². The molecule has 0 aliphatic carbocycles. The molecule has 144 valence electrons. The van der Waals surface area contributed by atoms with Crippen LogP contribution >= 0.6 is 22.9 Å². The van der Waals surface area contributed by atoms with Crippen LogP contribution in [0.3, 0.4) is 0 Å². The summed E-state index contributed by atoms with van der Waals surface area (Å²) in [5.41, 5.74) is 4.03. The van der Waals surface area contributed by atoms with Crippen molar-refractivity contribution in [1.29, 1.82) is 0 Å². The second-order valence-electron chi connectivity index (χ2n) is 5.98. The third kappa shape index (κ3) is 7.17. The average Bonchev–Trinajstić information content (AvgIpc) is 3.03. The van der Waals surface area contributed by atoms with Gasteiger partial charge in [-0.1, -0.05) is 29.8 Å². The van der Waals surface area contributed by atoms with Crippen molar-refractivity contribution in [2.75, 3.05) is 13.1 Å². The lowest BCUT2D eigenvalue weighted by Gasteiger charge is -2.11. The van der Waals surface area contributed by atoms with Crippen LogP contribution in [0.4, 0.5) is 0 Å². The largest absolute Gasteiger partial charge is 0.481 e. The minimum atomic E-state index is -1.08. The summed E-state index contributed by atoms with van der Waals surface area (Å²) in [5.74, 6) is -2.15. The molecule has 1 aromatic heterocycles. The summed E-state index contributed by atoms with van der Waals surface area (Å²) in [5, 5.41) is 22.2. The van der Waals surface area contributed by atoms with Gasteiger partial charge in [0.2, 0.25) is 0 Å². The number of carbonyl (C=O) groups is 2. The molecule has 0 saturated heterocycles. The average molecular weight is 408 g/mol. The SMILES string of the molecule is Clc1ccc2c(c1/C=C\c1cccs1)CCNCC2.O=C(O)CCC(=O)O. The van der Waals surface area contributed by atoms with Crippen molar-refractivity contribution < 1.29 is 19.8 Å².